The third kappa shape index (κ3) is 5.49. The van der Waals surface area contributed by atoms with Gasteiger partial charge in [-0.1, -0.05) is 23.7 Å². The van der Waals surface area contributed by atoms with E-state index in [1.165, 1.54) is 6.20 Å². The molecule has 0 amide bonds. The highest BCUT2D eigenvalue weighted by Crippen LogP contribution is 2.33. The molecular formula is C23H19ClN5O3P. The summed E-state index contributed by atoms with van der Waals surface area (Å²) in [6, 6.07) is 16.0. The molecule has 33 heavy (non-hydrogen) atoms. The fraction of sp³-hybridized carbons (Fsp3) is 0.0435. The Labute approximate surface area is 196 Å². The van der Waals surface area contributed by atoms with Crippen LogP contribution in [0.4, 0.5) is 23.1 Å². The zero-order chi connectivity index (χ0) is 23.2. The maximum Gasteiger partial charge on any atom is 0.229 e. The van der Waals surface area contributed by atoms with E-state index in [9.17, 15) is 4.57 Å². The van der Waals surface area contributed by atoms with E-state index >= 15 is 0 Å². The largest absolute Gasteiger partial charge is 0.494 e. The summed E-state index contributed by atoms with van der Waals surface area (Å²) in [5.41, 5.74) is 1.24. The van der Waals surface area contributed by atoms with Crippen molar-refractivity contribution in [1.29, 1.82) is 0 Å². The molecular weight excluding hydrogens is 461 g/mol. The molecule has 0 saturated carbocycles. The van der Waals surface area contributed by atoms with Gasteiger partial charge in [0.1, 0.15) is 29.7 Å². The van der Waals surface area contributed by atoms with Crippen molar-refractivity contribution in [2.75, 3.05) is 17.7 Å². The average Bonchev–Trinajstić information content (AvgIpc) is 2.83. The molecule has 2 aromatic carbocycles. The molecule has 4 aromatic rings. The van der Waals surface area contributed by atoms with Crippen LogP contribution < -0.4 is 25.4 Å². The van der Waals surface area contributed by atoms with Crippen LogP contribution in [-0.2, 0) is 4.57 Å². The van der Waals surface area contributed by atoms with E-state index in [1.807, 2.05) is 12.1 Å². The minimum Gasteiger partial charge on any atom is -0.494 e. The second-order valence-electron chi connectivity index (χ2n) is 6.69. The highest BCUT2D eigenvalue weighted by molar-refractivity contribution is 7.52. The van der Waals surface area contributed by atoms with Crippen LogP contribution in [0.1, 0.15) is 0 Å². The van der Waals surface area contributed by atoms with Gasteiger partial charge in [0.2, 0.25) is 5.95 Å². The number of anilines is 4. The Bertz CT molecular complexity index is 1340. The molecule has 0 radical (unpaired) electrons. The summed E-state index contributed by atoms with van der Waals surface area (Å²) in [6.07, 6.45) is 8.39. The Hall–Kier alpha value is -3.87. The third-order valence-electron chi connectivity index (χ3n) is 4.46. The Morgan fingerprint density at radius 2 is 1.85 bits per heavy atom. The summed E-state index contributed by atoms with van der Waals surface area (Å²) in [5.74, 6) is 2.38. The van der Waals surface area contributed by atoms with Crippen molar-refractivity contribution in [3.63, 3.8) is 0 Å². The van der Waals surface area contributed by atoms with Crippen molar-refractivity contribution in [2.24, 2.45) is 0 Å². The van der Waals surface area contributed by atoms with Gasteiger partial charge in [-0.3, -0.25) is 9.55 Å². The van der Waals surface area contributed by atoms with Gasteiger partial charge in [0.25, 0.3) is 0 Å². The molecule has 0 spiro atoms. The number of nitrogens with zero attached hydrogens (tertiary/aromatic N) is 3. The minimum absolute atomic E-state index is 0.289. The van der Waals surface area contributed by atoms with Gasteiger partial charge in [-0.2, -0.15) is 4.98 Å². The lowest BCUT2D eigenvalue weighted by molar-refractivity contribution is 0.411. The minimum atomic E-state index is -1.80. The van der Waals surface area contributed by atoms with E-state index in [2.05, 4.69) is 31.9 Å². The zero-order valence-electron chi connectivity index (χ0n) is 17.5. The maximum atomic E-state index is 12.0. The van der Waals surface area contributed by atoms with E-state index in [1.54, 1.807) is 62.0 Å². The predicted molar refractivity (Wildman–Crippen MR) is 132 cm³/mol. The lowest BCUT2D eigenvalue weighted by Crippen LogP contribution is -2.07. The number of pyridine rings is 1. The van der Waals surface area contributed by atoms with Crippen molar-refractivity contribution in [1.82, 2.24) is 15.0 Å². The van der Waals surface area contributed by atoms with E-state index in [0.717, 1.165) is 0 Å². The van der Waals surface area contributed by atoms with Gasteiger partial charge in [0, 0.05) is 12.3 Å². The highest BCUT2D eigenvalue weighted by atomic mass is 35.5. The fourth-order valence-corrected chi connectivity index (χ4v) is 3.73. The number of methoxy groups -OCH3 is 1. The average molecular weight is 480 g/mol. The molecule has 8 nitrogen and oxygen atoms in total. The van der Waals surface area contributed by atoms with Gasteiger partial charge in [0.15, 0.2) is 5.82 Å². The van der Waals surface area contributed by atoms with Crippen molar-refractivity contribution in [3.05, 3.63) is 78.2 Å². The summed E-state index contributed by atoms with van der Waals surface area (Å²) < 4.78 is 23.2. The van der Waals surface area contributed by atoms with Crippen LogP contribution >= 0.6 is 19.0 Å². The van der Waals surface area contributed by atoms with Crippen LogP contribution in [0.25, 0.3) is 0 Å². The molecule has 1 atom stereocenters. The number of nitrogens with one attached hydrogen (secondary N) is 2. The Kier molecular flexibility index (Phi) is 6.88. The number of hydrogen-bond acceptors (Lipinski definition) is 8. The third-order valence-corrected chi connectivity index (χ3v) is 5.66. The SMILES string of the molecule is C=P(=O)c1ccccc1Nc1nc(Nc2ccc(Oc3cccnc3)cc2OC)ncc1Cl. The first-order valence-corrected chi connectivity index (χ1v) is 11.5. The molecule has 2 N–H and O–H groups in total. The van der Waals surface area contributed by atoms with Crippen LogP contribution in [0.15, 0.2) is 73.2 Å². The zero-order valence-corrected chi connectivity index (χ0v) is 19.2. The Balaban J connectivity index is 1.57. The van der Waals surface area contributed by atoms with Gasteiger partial charge in [-0.15, -0.1) is 0 Å². The predicted octanol–water partition coefficient (Wildman–Crippen LogP) is 5.70. The first kappa shape index (κ1) is 22.3. The second kappa shape index (κ2) is 10.2. The maximum absolute atomic E-state index is 12.0. The first-order chi connectivity index (χ1) is 16.0. The Morgan fingerprint density at radius 1 is 1.00 bits per heavy atom. The topological polar surface area (TPSA) is 98.3 Å². The van der Waals surface area contributed by atoms with Crippen LogP contribution in [0, 0.1) is 0 Å². The Morgan fingerprint density at radius 3 is 2.61 bits per heavy atom. The van der Waals surface area contributed by atoms with E-state index < -0.39 is 7.42 Å². The van der Waals surface area contributed by atoms with Crippen molar-refractivity contribution >= 4 is 53.8 Å². The number of hydrogen-bond donors (Lipinski definition) is 2. The first-order valence-electron chi connectivity index (χ1n) is 9.73. The highest BCUT2D eigenvalue weighted by Gasteiger charge is 2.12. The molecule has 0 saturated heterocycles. The second-order valence-corrected chi connectivity index (χ2v) is 8.33. The van der Waals surface area contributed by atoms with E-state index in [-0.39, 0.29) is 5.95 Å². The van der Waals surface area contributed by atoms with Gasteiger partial charge >= 0.3 is 0 Å². The summed E-state index contributed by atoms with van der Waals surface area (Å²) in [5, 5.41) is 7.11. The van der Waals surface area contributed by atoms with Gasteiger partial charge in [-0.05, 0) is 42.7 Å². The molecule has 0 bridgehead atoms. The lowest BCUT2D eigenvalue weighted by Gasteiger charge is -2.14. The smallest absolute Gasteiger partial charge is 0.229 e. The molecule has 0 aliphatic heterocycles. The number of benzene rings is 2. The fourth-order valence-electron chi connectivity index (χ4n) is 2.94. The number of aromatic nitrogens is 3. The quantitative estimate of drug-likeness (QED) is 0.311. The van der Waals surface area contributed by atoms with E-state index in [0.29, 0.717) is 44.8 Å². The van der Waals surface area contributed by atoms with Crippen molar-refractivity contribution in [3.8, 4) is 17.2 Å². The van der Waals surface area contributed by atoms with E-state index in [4.69, 9.17) is 21.1 Å². The van der Waals surface area contributed by atoms with Crippen LogP contribution in [0.2, 0.25) is 5.02 Å². The number of para-hydroxylation sites is 1. The van der Waals surface area contributed by atoms with Crippen LogP contribution in [-0.4, -0.2) is 28.4 Å². The molecule has 10 heteroatoms. The molecule has 1 unspecified atom stereocenters. The number of halogens is 1. The summed E-state index contributed by atoms with van der Waals surface area (Å²) in [4.78, 5) is 12.7. The molecule has 166 valence electrons. The molecule has 0 aliphatic rings. The van der Waals surface area contributed by atoms with Gasteiger partial charge < -0.3 is 20.1 Å². The van der Waals surface area contributed by atoms with Gasteiger partial charge in [0.05, 0.1) is 36.2 Å². The molecule has 2 heterocycles. The molecule has 0 aliphatic carbocycles. The van der Waals surface area contributed by atoms with Crippen molar-refractivity contribution in [2.45, 2.75) is 0 Å². The molecule has 4 rings (SSSR count). The molecule has 2 aromatic heterocycles. The standard InChI is InChI=1S/C23H19ClN5O3P/c1-31-20-12-15(32-16-6-5-11-25-13-16)9-10-18(20)28-23-26-14-17(24)22(29-23)27-19-7-3-4-8-21(19)33(2)30/h3-14H,2H2,1H3,(H2,26,27,28,29). The summed E-state index contributed by atoms with van der Waals surface area (Å²) in [7, 11) is -0.239. The van der Waals surface area contributed by atoms with Crippen LogP contribution in [0.3, 0.4) is 0 Å². The monoisotopic (exact) mass is 479 g/mol. The molecule has 0 fully saturated rings. The van der Waals surface area contributed by atoms with Gasteiger partial charge in [-0.25, -0.2) is 4.98 Å². The normalized spacial score (nSPS) is 10.9. The summed E-state index contributed by atoms with van der Waals surface area (Å²) >= 11 is 6.29. The lowest BCUT2D eigenvalue weighted by atomic mass is 10.2. The van der Waals surface area contributed by atoms with Crippen molar-refractivity contribution < 1.29 is 14.0 Å². The number of ether oxygens (including phenoxy) is 2. The van der Waals surface area contributed by atoms with Crippen LogP contribution in [0.5, 0.6) is 17.2 Å². The number of rotatable bonds is 8. The summed E-state index contributed by atoms with van der Waals surface area (Å²) in [6.45, 7) is 0.